The largest absolute Gasteiger partial charge is 0.274 e. The zero-order valence-corrected chi connectivity index (χ0v) is 28.0. The van der Waals surface area contributed by atoms with Crippen LogP contribution in [0, 0.1) is 0 Å². The molecular weight excluding hydrogens is 649 g/mol. The Hall–Kier alpha value is -5.18. The molecular formula is C41H30N2O4S2. The molecule has 8 heteroatoms. The van der Waals surface area contributed by atoms with E-state index in [0.717, 1.165) is 42.5 Å². The van der Waals surface area contributed by atoms with Crippen LogP contribution in [0.15, 0.2) is 143 Å². The molecule has 8 rings (SSSR count). The molecule has 0 N–H and O–H groups in total. The van der Waals surface area contributed by atoms with E-state index in [0.29, 0.717) is 17.8 Å². The third-order valence-corrected chi connectivity index (χ3v) is 11.5. The van der Waals surface area contributed by atoms with E-state index in [2.05, 4.69) is 12.1 Å². The predicted octanol–water partition coefficient (Wildman–Crippen LogP) is 8.43. The van der Waals surface area contributed by atoms with Crippen LogP contribution in [-0.2, 0) is 25.6 Å². The molecule has 0 unspecified atom stereocenters. The highest BCUT2D eigenvalue weighted by Gasteiger charge is 2.41. The highest BCUT2D eigenvalue weighted by molar-refractivity contribution is 8.01. The average molecular weight is 679 g/mol. The monoisotopic (exact) mass is 678 g/mol. The fourth-order valence-corrected chi connectivity index (χ4v) is 8.86. The summed E-state index contributed by atoms with van der Waals surface area (Å²) in [7, 11) is 0. The molecule has 240 valence electrons. The minimum Gasteiger partial charge on any atom is -0.274 e. The fraction of sp³-hybridized carbons (Fsp3) is 0.122. The molecule has 0 radical (unpaired) electrons. The first kappa shape index (κ1) is 31.1. The third-order valence-electron chi connectivity index (χ3n) is 9.03. The molecule has 0 spiro atoms. The first-order valence-electron chi connectivity index (χ1n) is 16.1. The Labute approximate surface area is 292 Å². The third kappa shape index (κ3) is 6.14. The number of benzene rings is 6. The summed E-state index contributed by atoms with van der Waals surface area (Å²) in [5.41, 5.74) is 3.16. The van der Waals surface area contributed by atoms with Crippen LogP contribution in [0.25, 0.3) is 21.5 Å². The van der Waals surface area contributed by atoms with Gasteiger partial charge in [-0.1, -0.05) is 91.0 Å². The van der Waals surface area contributed by atoms with Gasteiger partial charge in [-0.25, -0.2) is 9.80 Å². The molecule has 0 saturated carbocycles. The molecule has 2 aliphatic heterocycles. The second-order valence-electron chi connectivity index (χ2n) is 12.3. The number of amides is 4. The van der Waals surface area contributed by atoms with Gasteiger partial charge in [-0.2, -0.15) is 0 Å². The van der Waals surface area contributed by atoms with Gasteiger partial charge < -0.3 is 0 Å². The summed E-state index contributed by atoms with van der Waals surface area (Å²) in [4.78, 5) is 57.3. The molecule has 0 aromatic heterocycles. The van der Waals surface area contributed by atoms with Crippen molar-refractivity contribution in [2.75, 3.05) is 9.80 Å². The van der Waals surface area contributed by atoms with Crippen LogP contribution in [0.1, 0.15) is 24.0 Å². The lowest BCUT2D eigenvalue weighted by Gasteiger charge is -2.16. The Morgan fingerprint density at radius 1 is 0.510 bits per heavy atom. The lowest BCUT2D eigenvalue weighted by Crippen LogP contribution is -2.31. The van der Waals surface area contributed by atoms with E-state index < -0.39 is 10.5 Å². The van der Waals surface area contributed by atoms with Crippen molar-refractivity contribution in [1.82, 2.24) is 0 Å². The number of carbonyl (C=O) groups is 4. The van der Waals surface area contributed by atoms with Crippen LogP contribution in [0.3, 0.4) is 0 Å². The van der Waals surface area contributed by atoms with E-state index in [1.165, 1.54) is 33.3 Å². The van der Waals surface area contributed by atoms with Crippen molar-refractivity contribution in [1.29, 1.82) is 0 Å². The van der Waals surface area contributed by atoms with Crippen molar-refractivity contribution in [3.05, 3.63) is 145 Å². The van der Waals surface area contributed by atoms with Crippen LogP contribution in [0.5, 0.6) is 0 Å². The second-order valence-corrected chi connectivity index (χ2v) is 14.8. The number of rotatable bonds is 8. The number of thioether (sulfide) groups is 2. The maximum Gasteiger partial charge on any atom is 0.247 e. The van der Waals surface area contributed by atoms with Gasteiger partial charge in [0.1, 0.15) is 0 Å². The normalized spacial score (nSPS) is 18.0. The first-order chi connectivity index (χ1) is 23.9. The van der Waals surface area contributed by atoms with Crippen molar-refractivity contribution in [3.8, 4) is 0 Å². The summed E-state index contributed by atoms with van der Waals surface area (Å²) in [5, 5.41) is 3.47. The number of carbonyl (C=O) groups excluding carboxylic acids is 4. The van der Waals surface area contributed by atoms with Crippen LogP contribution < -0.4 is 9.80 Å². The molecule has 2 fully saturated rings. The van der Waals surface area contributed by atoms with Crippen molar-refractivity contribution in [2.45, 2.75) is 39.6 Å². The highest BCUT2D eigenvalue weighted by atomic mass is 32.2. The van der Waals surface area contributed by atoms with Crippen LogP contribution in [0.2, 0.25) is 0 Å². The summed E-state index contributed by atoms with van der Waals surface area (Å²) in [5.74, 6) is -0.796. The van der Waals surface area contributed by atoms with E-state index in [4.69, 9.17) is 0 Å². The number of hydrogen-bond donors (Lipinski definition) is 0. The molecule has 6 aromatic carbocycles. The molecule has 49 heavy (non-hydrogen) atoms. The molecule has 2 aliphatic rings. The molecule has 6 nitrogen and oxygen atoms in total. The predicted molar refractivity (Wildman–Crippen MR) is 197 cm³/mol. The van der Waals surface area contributed by atoms with E-state index in [-0.39, 0.29) is 36.5 Å². The van der Waals surface area contributed by atoms with Gasteiger partial charge in [0.25, 0.3) is 0 Å². The highest BCUT2D eigenvalue weighted by Crippen LogP contribution is 2.38. The van der Waals surface area contributed by atoms with Gasteiger partial charge in [-0.3, -0.25) is 19.2 Å². The molecule has 0 bridgehead atoms. The first-order valence-corrected chi connectivity index (χ1v) is 17.9. The van der Waals surface area contributed by atoms with E-state index in [9.17, 15) is 19.2 Å². The molecule has 6 aromatic rings. The Morgan fingerprint density at radius 3 is 1.67 bits per heavy atom. The summed E-state index contributed by atoms with van der Waals surface area (Å²) < 4.78 is 0. The Balaban J connectivity index is 0.907. The zero-order valence-electron chi connectivity index (χ0n) is 26.3. The summed E-state index contributed by atoms with van der Waals surface area (Å²) >= 11 is 2.88. The van der Waals surface area contributed by atoms with Gasteiger partial charge >= 0.3 is 0 Å². The lowest BCUT2D eigenvalue weighted by atomic mass is 10.0. The maximum absolute atomic E-state index is 13.4. The van der Waals surface area contributed by atoms with E-state index >= 15 is 0 Å². The SMILES string of the molecule is O=C1C[C@H](Sc2cccc3ccccc23)C(=O)N1c1ccc(Cc2ccc(N3C(=O)C[C@@H](Sc4ccc5ccccc5c4)C3=O)cc2)cc1. The lowest BCUT2D eigenvalue weighted by molar-refractivity contribution is -0.122. The quantitative estimate of drug-likeness (QED) is 0.151. The van der Waals surface area contributed by atoms with Crippen LogP contribution in [-0.4, -0.2) is 34.1 Å². The summed E-state index contributed by atoms with van der Waals surface area (Å²) in [6, 6.07) is 43.2. The summed E-state index contributed by atoms with van der Waals surface area (Å²) in [6.07, 6.45) is 0.936. The van der Waals surface area contributed by atoms with Gasteiger partial charge in [0, 0.05) is 22.6 Å². The van der Waals surface area contributed by atoms with Crippen molar-refractivity contribution in [2.24, 2.45) is 0 Å². The van der Waals surface area contributed by atoms with E-state index in [1.807, 2.05) is 121 Å². The van der Waals surface area contributed by atoms with Gasteiger partial charge in [-0.05, 0) is 81.6 Å². The van der Waals surface area contributed by atoms with Crippen molar-refractivity contribution < 1.29 is 19.2 Å². The summed E-state index contributed by atoms with van der Waals surface area (Å²) in [6.45, 7) is 0. The topological polar surface area (TPSA) is 74.8 Å². The average Bonchev–Trinajstić information content (AvgIpc) is 3.56. The zero-order chi connectivity index (χ0) is 33.5. The standard InChI is InChI=1S/C41H30N2O4S2/c44-38-24-36(48-33-21-16-28-6-1-2-8-30(28)23-33)40(46)42(38)31-17-12-26(13-18-31)22-27-14-19-32(20-15-27)43-39(45)25-37(41(43)47)49-35-11-5-9-29-7-3-4-10-34(29)35/h1-21,23,36-37H,22,24-25H2/t36-,37+/m1/s1. The van der Waals surface area contributed by atoms with Crippen LogP contribution in [0.4, 0.5) is 11.4 Å². The Morgan fingerprint density at radius 2 is 1.04 bits per heavy atom. The number of nitrogens with zero attached hydrogens (tertiary/aromatic N) is 2. The smallest absolute Gasteiger partial charge is 0.247 e. The minimum atomic E-state index is -0.474. The van der Waals surface area contributed by atoms with Crippen molar-refractivity contribution >= 4 is 80.1 Å². The van der Waals surface area contributed by atoms with Crippen molar-refractivity contribution in [3.63, 3.8) is 0 Å². The molecule has 2 saturated heterocycles. The van der Waals surface area contributed by atoms with Gasteiger partial charge in [0.2, 0.25) is 23.6 Å². The Kier molecular flexibility index (Phi) is 8.27. The Bertz CT molecular complexity index is 2260. The molecule has 2 heterocycles. The number of hydrogen-bond acceptors (Lipinski definition) is 6. The minimum absolute atomic E-state index is 0.158. The maximum atomic E-state index is 13.4. The fourth-order valence-electron chi connectivity index (χ4n) is 6.55. The van der Waals surface area contributed by atoms with E-state index in [1.54, 1.807) is 0 Å². The van der Waals surface area contributed by atoms with Crippen LogP contribution >= 0.6 is 23.5 Å². The number of anilines is 2. The van der Waals surface area contributed by atoms with Gasteiger partial charge in [-0.15, -0.1) is 23.5 Å². The van der Waals surface area contributed by atoms with Gasteiger partial charge in [0.15, 0.2) is 0 Å². The van der Waals surface area contributed by atoms with Gasteiger partial charge in [0.05, 0.1) is 21.9 Å². The molecule has 0 aliphatic carbocycles. The number of fused-ring (bicyclic) bond motifs is 2. The second kappa shape index (κ2) is 13.0. The molecule has 4 amide bonds. The number of imide groups is 2. The molecule has 2 atom stereocenters.